The first-order valence-electron chi connectivity index (χ1n) is 6.82. The number of benzene rings is 1. The predicted molar refractivity (Wildman–Crippen MR) is 80.8 cm³/mol. The molecule has 5 nitrogen and oxygen atoms in total. The fourth-order valence-electron chi connectivity index (χ4n) is 1.86. The minimum atomic E-state index is -3.38. The molecule has 0 radical (unpaired) electrons. The molecule has 1 aromatic carbocycles. The second-order valence-corrected chi connectivity index (χ2v) is 7.42. The van der Waals surface area contributed by atoms with E-state index >= 15 is 0 Å². The van der Waals surface area contributed by atoms with E-state index in [-0.39, 0.29) is 0 Å². The van der Waals surface area contributed by atoms with Crippen molar-refractivity contribution in [1.82, 2.24) is 5.32 Å². The lowest BCUT2D eigenvalue weighted by Gasteiger charge is -2.17. The van der Waals surface area contributed by atoms with Gasteiger partial charge in [0, 0.05) is 12.6 Å². The highest BCUT2D eigenvalue weighted by Crippen LogP contribution is 2.23. The lowest BCUT2D eigenvalue weighted by Crippen LogP contribution is -2.35. The summed E-state index contributed by atoms with van der Waals surface area (Å²) in [4.78, 5) is 0. The van der Waals surface area contributed by atoms with E-state index in [4.69, 9.17) is 4.74 Å². The number of hydrogen-bond donors (Lipinski definition) is 2. The maximum absolute atomic E-state index is 12.3. The van der Waals surface area contributed by atoms with E-state index in [1.54, 1.807) is 26.2 Å². The third kappa shape index (κ3) is 3.86. The predicted octanol–water partition coefficient (Wildman–Crippen LogP) is 1.89. The van der Waals surface area contributed by atoms with Crippen molar-refractivity contribution in [3.8, 4) is 5.75 Å². The quantitative estimate of drug-likeness (QED) is 0.806. The third-order valence-corrected chi connectivity index (χ3v) is 5.22. The maximum atomic E-state index is 12.3. The molecule has 1 aliphatic rings. The van der Waals surface area contributed by atoms with Gasteiger partial charge >= 0.3 is 0 Å². The molecular formula is C14H22N2O3S. The number of rotatable bonds is 7. The summed E-state index contributed by atoms with van der Waals surface area (Å²) in [7, 11) is -1.79. The lowest BCUT2D eigenvalue weighted by atomic mass is 10.2. The molecule has 1 fully saturated rings. The lowest BCUT2D eigenvalue weighted by molar-refractivity contribution is 0.414. The summed E-state index contributed by atoms with van der Waals surface area (Å²) in [6.07, 6.45) is 2.30. The topological polar surface area (TPSA) is 67.4 Å². The Kier molecular flexibility index (Phi) is 4.55. The average molecular weight is 298 g/mol. The molecule has 1 aliphatic carbocycles. The summed E-state index contributed by atoms with van der Waals surface area (Å²) < 4.78 is 32.3. The van der Waals surface area contributed by atoms with Crippen LogP contribution in [0.4, 0.5) is 5.69 Å². The van der Waals surface area contributed by atoms with Gasteiger partial charge in [-0.25, -0.2) is 8.42 Å². The Morgan fingerprint density at radius 2 is 2.10 bits per heavy atom. The zero-order valence-corrected chi connectivity index (χ0v) is 13.0. The van der Waals surface area contributed by atoms with Crippen LogP contribution in [0.15, 0.2) is 18.2 Å². The Balaban J connectivity index is 2.02. The fourth-order valence-corrected chi connectivity index (χ4v) is 2.91. The second-order valence-electron chi connectivity index (χ2n) is 5.32. The van der Waals surface area contributed by atoms with Crippen LogP contribution >= 0.6 is 0 Å². The van der Waals surface area contributed by atoms with Crippen LogP contribution in [0, 0.1) is 6.92 Å². The SMILES string of the molecule is COc1ccc(NS(=O)(=O)C(C)CNC2CC2)c(C)c1. The Morgan fingerprint density at radius 1 is 1.40 bits per heavy atom. The minimum Gasteiger partial charge on any atom is -0.497 e. The molecule has 0 saturated heterocycles. The maximum Gasteiger partial charge on any atom is 0.236 e. The van der Waals surface area contributed by atoms with Crippen LogP contribution in [-0.2, 0) is 10.0 Å². The molecule has 6 heteroatoms. The van der Waals surface area contributed by atoms with Crippen LogP contribution < -0.4 is 14.8 Å². The van der Waals surface area contributed by atoms with Gasteiger partial charge in [-0.15, -0.1) is 0 Å². The Hall–Kier alpha value is -1.27. The zero-order valence-electron chi connectivity index (χ0n) is 12.1. The molecule has 1 unspecified atom stereocenters. The van der Waals surface area contributed by atoms with E-state index in [1.165, 1.54) is 0 Å². The number of ether oxygens (including phenoxy) is 1. The summed E-state index contributed by atoms with van der Waals surface area (Å²) in [6.45, 7) is 4.05. The van der Waals surface area contributed by atoms with Crippen LogP contribution in [0.5, 0.6) is 5.75 Å². The van der Waals surface area contributed by atoms with Crippen LogP contribution in [0.1, 0.15) is 25.3 Å². The van der Waals surface area contributed by atoms with Gasteiger partial charge in [0.05, 0.1) is 18.0 Å². The first-order chi connectivity index (χ1) is 9.42. The van der Waals surface area contributed by atoms with E-state index in [0.29, 0.717) is 24.0 Å². The van der Waals surface area contributed by atoms with Crippen molar-refractivity contribution in [1.29, 1.82) is 0 Å². The Labute approximate surface area is 120 Å². The van der Waals surface area contributed by atoms with Gasteiger partial charge in [-0.3, -0.25) is 4.72 Å². The van der Waals surface area contributed by atoms with Crippen LogP contribution in [0.25, 0.3) is 0 Å². The minimum absolute atomic E-state index is 0.468. The second kappa shape index (κ2) is 6.01. The summed E-state index contributed by atoms with van der Waals surface area (Å²) >= 11 is 0. The number of aryl methyl sites for hydroxylation is 1. The van der Waals surface area contributed by atoms with Crippen molar-refractivity contribution >= 4 is 15.7 Å². The number of sulfonamides is 1. The van der Waals surface area contributed by atoms with E-state index in [2.05, 4.69) is 10.0 Å². The zero-order chi connectivity index (χ0) is 14.8. The summed E-state index contributed by atoms with van der Waals surface area (Å²) in [6, 6.07) is 5.80. The molecule has 1 atom stereocenters. The van der Waals surface area contributed by atoms with Gasteiger partial charge in [0.15, 0.2) is 0 Å². The fraction of sp³-hybridized carbons (Fsp3) is 0.571. The highest BCUT2D eigenvalue weighted by Gasteiger charge is 2.26. The van der Waals surface area contributed by atoms with Gasteiger partial charge in [0.1, 0.15) is 5.75 Å². The molecule has 0 heterocycles. The van der Waals surface area contributed by atoms with Crippen LogP contribution in [0.2, 0.25) is 0 Å². The molecule has 0 bridgehead atoms. The molecular weight excluding hydrogens is 276 g/mol. The molecule has 2 rings (SSSR count). The third-order valence-electron chi connectivity index (χ3n) is 3.49. The standard InChI is InChI=1S/C14H22N2O3S/c1-10-8-13(19-3)6-7-14(10)16-20(17,18)11(2)9-15-12-4-5-12/h6-8,11-12,15-16H,4-5,9H2,1-3H3. The van der Waals surface area contributed by atoms with Gasteiger partial charge < -0.3 is 10.1 Å². The summed E-state index contributed by atoms with van der Waals surface area (Å²) in [5.41, 5.74) is 1.44. The summed E-state index contributed by atoms with van der Waals surface area (Å²) in [5, 5.41) is 2.77. The number of anilines is 1. The van der Waals surface area contributed by atoms with Crippen molar-refractivity contribution in [2.24, 2.45) is 0 Å². The first-order valence-corrected chi connectivity index (χ1v) is 8.36. The largest absolute Gasteiger partial charge is 0.497 e. The molecule has 2 N–H and O–H groups in total. The number of hydrogen-bond acceptors (Lipinski definition) is 4. The monoisotopic (exact) mass is 298 g/mol. The number of nitrogens with one attached hydrogen (secondary N) is 2. The van der Waals surface area contributed by atoms with Crippen molar-refractivity contribution in [3.05, 3.63) is 23.8 Å². The highest BCUT2D eigenvalue weighted by atomic mass is 32.2. The van der Waals surface area contributed by atoms with Crippen molar-refractivity contribution in [2.75, 3.05) is 18.4 Å². The molecule has 1 saturated carbocycles. The highest BCUT2D eigenvalue weighted by molar-refractivity contribution is 7.93. The van der Waals surface area contributed by atoms with Gasteiger partial charge in [0.2, 0.25) is 10.0 Å². The van der Waals surface area contributed by atoms with Crippen molar-refractivity contribution in [2.45, 2.75) is 38.0 Å². The average Bonchev–Trinajstić information content (AvgIpc) is 3.22. The molecule has 0 aromatic heterocycles. The molecule has 0 amide bonds. The number of methoxy groups -OCH3 is 1. The Bertz CT molecular complexity index is 568. The van der Waals surface area contributed by atoms with E-state index in [1.807, 2.05) is 13.0 Å². The van der Waals surface area contributed by atoms with Gasteiger partial charge in [-0.1, -0.05) is 0 Å². The first kappa shape index (κ1) is 15.1. The molecule has 20 heavy (non-hydrogen) atoms. The molecule has 1 aromatic rings. The smallest absolute Gasteiger partial charge is 0.236 e. The molecule has 0 aliphatic heterocycles. The molecule has 0 spiro atoms. The van der Waals surface area contributed by atoms with Crippen molar-refractivity contribution < 1.29 is 13.2 Å². The molecule has 112 valence electrons. The van der Waals surface area contributed by atoms with E-state index in [9.17, 15) is 8.42 Å². The normalized spacial score (nSPS) is 16.8. The van der Waals surface area contributed by atoms with Gasteiger partial charge in [0.25, 0.3) is 0 Å². The Morgan fingerprint density at radius 3 is 2.65 bits per heavy atom. The van der Waals surface area contributed by atoms with E-state index < -0.39 is 15.3 Å². The van der Waals surface area contributed by atoms with Gasteiger partial charge in [-0.2, -0.15) is 0 Å². The van der Waals surface area contributed by atoms with Crippen LogP contribution in [-0.4, -0.2) is 33.4 Å². The van der Waals surface area contributed by atoms with Crippen molar-refractivity contribution in [3.63, 3.8) is 0 Å². The van der Waals surface area contributed by atoms with Gasteiger partial charge in [-0.05, 0) is 50.5 Å². The van der Waals surface area contributed by atoms with Crippen LogP contribution in [0.3, 0.4) is 0 Å². The summed E-state index contributed by atoms with van der Waals surface area (Å²) in [5.74, 6) is 0.717. The van der Waals surface area contributed by atoms with E-state index in [0.717, 1.165) is 18.4 Å².